The molecule has 6 N–H and O–H groups in total. The van der Waals surface area contributed by atoms with Crippen molar-refractivity contribution in [2.75, 3.05) is 20.7 Å². The van der Waals surface area contributed by atoms with E-state index in [1.54, 1.807) is 18.2 Å². The van der Waals surface area contributed by atoms with Crippen molar-refractivity contribution >= 4 is 35.1 Å². The van der Waals surface area contributed by atoms with Gasteiger partial charge < -0.3 is 31.3 Å². The average Bonchev–Trinajstić information content (AvgIpc) is 2.97. The number of nitrogens with two attached hydrogens (primary N) is 1. The number of aromatic hydroxyl groups is 1. The van der Waals surface area contributed by atoms with E-state index in [0.29, 0.717) is 34.6 Å². The Morgan fingerprint density at radius 1 is 1.08 bits per heavy atom. The predicted octanol–water partition coefficient (Wildman–Crippen LogP) is 1.53. The third kappa shape index (κ3) is 5.74. The van der Waals surface area contributed by atoms with Crippen LogP contribution in [0.3, 0.4) is 0 Å². The summed E-state index contributed by atoms with van der Waals surface area (Å²) < 4.78 is 5.81. The standard InChI is InChI=1S/C35H42N4O9/c1-7-48-23-11-8-16(12-18(23)15-37-33(46)38-34(2,3)4)19-9-10-22(40)25-20(19)13-17-14-21-27(39(5)6)29(42)26(32(36)45)31(44)35(21,47)30(43)24(17)28(25)41/h8-12,17,21,24,26-27,40,47H,7,13-15H2,1-6H3,(H2,36,45)(H2,37,38,46)/t17-,21-,24?,26?,27?,35-/m1/s1. The summed E-state index contributed by atoms with van der Waals surface area (Å²) in [5.74, 6) is -10.5. The second-order valence-electron chi connectivity index (χ2n) is 14.1. The lowest BCUT2D eigenvalue weighted by Crippen LogP contribution is -2.74. The maximum atomic E-state index is 14.1. The zero-order chi connectivity index (χ0) is 35.5. The maximum absolute atomic E-state index is 14.1. The molecule has 6 atom stereocenters. The lowest BCUT2D eigenvalue weighted by atomic mass is 9.52. The number of nitrogens with one attached hydrogen (secondary N) is 2. The fraction of sp³-hybridized carbons (Fsp3) is 0.486. The fourth-order valence-corrected chi connectivity index (χ4v) is 7.62. The summed E-state index contributed by atoms with van der Waals surface area (Å²) >= 11 is 0. The normalized spacial score (nSPS) is 26.8. The number of aliphatic hydroxyl groups is 1. The molecule has 2 aromatic carbocycles. The molecule has 3 aliphatic rings. The summed E-state index contributed by atoms with van der Waals surface area (Å²) in [6.07, 6.45) is 0.0602. The third-order valence-corrected chi connectivity index (χ3v) is 9.54. The van der Waals surface area contributed by atoms with Crippen molar-refractivity contribution in [1.29, 1.82) is 0 Å². The van der Waals surface area contributed by atoms with E-state index >= 15 is 0 Å². The third-order valence-electron chi connectivity index (χ3n) is 9.54. The first-order valence-electron chi connectivity index (χ1n) is 15.9. The van der Waals surface area contributed by atoms with Crippen LogP contribution in [0.2, 0.25) is 0 Å². The number of benzene rings is 2. The number of carbonyl (C=O) groups excluding carboxylic acids is 6. The topological polar surface area (TPSA) is 205 Å². The number of phenolic OH excluding ortho intramolecular Hbond substituents is 1. The largest absolute Gasteiger partial charge is 0.507 e. The van der Waals surface area contributed by atoms with E-state index in [9.17, 15) is 39.0 Å². The molecule has 2 saturated carbocycles. The van der Waals surface area contributed by atoms with Crippen LogP contribution >= 0.6 is 0 Å². The molecule has 3 amide bonds. The molecule has 0 bridgehead atoms. The summed E-state index contributed by atoms with van der Waals surface area (Å²) in [4.78, 5) is 81.3. The Kier molecular flexibility index (Phi) is 8.99. The number of hydrogen-bond donors (Lipinski definition) is 5. The van der Waals surface area contributed by atoms with Crippen LogP contribution in [-0.4, -0.2) is 88.1 Å². The van der Waals surface area contributed by atoms with Crippen molar-refractivity contribution in [3.8, 4) is 22.6 Å². The van der Waals surface area contributed by atoms with Crippen LogP contribution in [-0.2, 0) is 32.1 Å². The minimum absolute atomic E-state index is 0.0552. The summed E-state index contributed by atoms with van der Waals surface area (Å²) in [5, 5.41) is 28.4. The van der Waals surface area contributed by atoms with Gasteiger partial charge in [0.15, 0.2) is 34.7 Å². The summed E-state index contributed by atoms with van der Waals surface area (Å²) in [7, 11) is 3.08. The molecule has 48 heavy (non-hydrogen) atoms. The SMILES string of the molecule is CCOc1ccc(-c2ccc(O)c3c2C[C@@H]2C[C@@H]4C(N(C)C)C(=O)C(C(N)=O)C(=O)[C@]4(O)C(=O)C2C3=O)cc1CNC(=O)NC(C)(C)C. The highest BCUT2D eigenvalue weighted by Gasteiger charge is 2.69. The number of primary amides is 1. The predicted molar refractivity (Wildman–Crippen MR) is 173 cm³/mol. The minimum Gasteiger partial charge on any atom is -0.507 e. The highest BCUT2D eigenvalue weighted by molar-refractivity contribution is 6.32. The zero-order valence-corrected chi connectivity index (χ0v) is 27.9. The molecule has 13 heteroatoms. The van der Waals surface area contributed by atoms with Crippen LogP contribution < -0.4 is 21.1 Å². The Balaban J connectivity index is 1.57. The number of nitrogens with zero attached hydrogens (tertiary/aromatic N) is 1. The number of likely N-dealkylation sites (N-methyl/N-ethyl adjacent to an activating group) is 1. The van der Waals surface area contributed by atoms with Crippen LogP contribution in [0.15, 0.2) is 30.3 Å². The number of ketones is 4. The van der Waals surface area contributed by atoms with Gasteiger partial charge in [0.2, 0.25) is 5.91 Å². The van der Waals surface area contributed by atoms with Gasteiger partial charge >= 0.3 is 6.03 Å². The Hall–Kier alpha value is -4.62. The highest BCUT2D eigenvalue weighted by Crippen LogP contribution is 2.52. The van der Waals surface area contributed by atoms with Gasteiger partial charge in [0.25, 0.3) is 0 Å². The molecule has 0 spiro atoms. The van der Waals surface area contributed by atoms with Crippen molar-refractivity contribution in [2.24, 2.45) is 29.4 Å². The molecule has 13 nitrogen and oxygen atoms in total. The van der Waals surface area contributed by atoms with Gasteiger partial charge in [0, 0.05) is 23.6 Å². The van der Waals surface area contributed by atoms with Gasteiger partial charge in [-0.2, -0.15) is 0 Å². The van der Waals surface area contributed by atoms with Crippen LogP contribution in [0.4, 0.5) is 4.79 Å². The van der Waals surface area contributed by atoms with Gasteiger partial charge in [-0.3, -0.25) is 28.9 Å². The molecule has 0 saturated heterocycles. The van der Waals surface area contributed by atoms with Gasteiger partial charge in [-0.15, -0.1) is 0 Å². The maximum Gasteiger partial charge on any atom is 0.315 e. The van der Waals surface area contributed by atoms with E-state index in [0.717, 1.165) is 0 Å². The molecule has 0 heterocycles. The number of ether oxygens (including phenoxy) is 1. The molecular weight excluding hydrogens is 620 g/mol. The second kappa shape index (κ2) is 12.4. The Morgan fingerprint density at radius 2 is 1.77 bits per heavy atom. The van der Waals surface area contributed by atoms with E-state index in [1.165, 1.54) is 25.1 Å². The van der Waals surface area contributed by atoms with E-state index in [-0.39, 0.29) is 36.7 Å². The minimum atomic E-state index is -2.79. The summed E-state index contributed by atoms with van der Waals surface area (Å²) in [6, 6.07) is 6.82. The molecule has 0 aromatic heterocycles. The van der Waals surface area contributed by atoms with Gasteiger partial charge in [0.1, 0.15) is 11.5 Å². The molecule has 2 aromatic rings. The van der Waals surface area contributed by atoms with Crippen LogP contribution in [0.25, 0.3) is 11.1 Å². The van der Waals surface area contributed by atoms with Crippen molar-refractivity contribution in [1.82, 2.24) is 15.5 Å². The lowest BCUT2D eigenvalue weighted by Gasteiger charge is -2.52. The first-order chi connectivity index (χ1) is 22.4. The Bertz CT molecular complexity index is 1730. The van der Waals surface area contributed by atoms with Crippen molar-refractivity contribution in [3.63, 3.8) is 0 Å². The zero-order valence-electron chi connectivity index (χ0n) is 27.9. The Labute approximate surface area is 278 Å². The first-order valence-corrected chi connectivity index (χ1v) is 15.9. The van der Waals surface area contributed by atoms with E-state index in [4.69, 9.17) is 10.5 Å². The fourth-order valence-electron chi connectivity index (χ4n) is 7.62. The number of fused-ring (bicyclic) bond motifs is 3. The van der Waals surface area contributed by atoms with E-state index in [1.807, 2.05) is 33.8 Å². The van der Waals surface area contributed by atoms with Crippen molar-refractivity contribution in [3.05, 3.63) is 47.0 Å². The first kappa shape index (κ1) is 34.7. The number of rotatable bonds is 7. The molecule has 3 unspecified atom stereocenters. The average molecular weight is 663 g/mol. The van der Waals surface area contributed by atoms with Gasteiger partial charge in [0.05, 0.1) is 24.1 Å². The molecule has 0 aliphatic heterocycles. The molecule has 256 valence electrons. The number of hydrogen-bond acceptors (Lipinski definition) is 10. The number of Topliss-reactive ketones (excluding diaryl/α,β-unsaturated/α-hetero) is 4. The van der Waals surface area contributed by atoms with Crippen LogP contribution in [0, 0.1) is 23.7 Å². The molecule has 3 aliphatic carbocycles. The van der Waals surface area contributed by atoms with Crippen LogP contribution in [0.5, 0.6) is 11.5 Å². The monoisotopic (exact) mass is 662 g/mol. The van der Waals surface area contributed by atoms with Gasteiger partial charge in [-0.1, -0.05) is 12.1 Å². The highest BCUT2D eigenvalue weighted by atomic mass is 16.5. The summed E-state index contributed by atoms with van der Waals surface area (Å²) in [6.45, 7) is 7.94. The van der Waals surface area contributed by atoms with Gasteiger partial charge in [-0.05, 0) is 95.4 Å². The molecule has 0 radical (unpaired) electrons. The quantitative estimate of drug-likeness (QED) is 0.270. The van der Waals surface area contributed by atoms with E-state index in [2.05, 4.69) is 10.6 Å². The second-order valence-corrected chi connectivity index (χ2v) is 14.1. The smallest absolute Gasteiger partial charge is 0.315 e. The summed E-state index contributed by atoms with van der Waals surface area (Å²) in [5.41, 5.74) is 4.44. The Morgan fingerprint density at radius 3 is 2.38 bits per heavy atom. The number of amides is 3. The van der Waals surface area contributed by atoms with E-state index < -0.39 is 69.9 Å². The number of carbonyl (C=O) groups is 6. The molecular formula is C35H42N4O9. The molecule has 5 rings (SSSR count). The van der Waals surface area contributed by atoms with Crippen LogP contribution in [0.1, 0.15) is 55.6 Å². The molecule has 2 fully saturated rings. The number of phenols is 1. The van der Waals surface area contributed by atoms with Crippen molar-refractivity contribution in [2.45, 2.75) is 64.3 Å². The van der Waals surface area contributed by atoms with Crippen molar-refractivity contribution < 1.29 is 43.7 Å². The number of urea groups is 1. The van der Waals surface area contributed by atoms with Gasteiger partial charge in [-0.25, -0.2) is 4.79 Å². The lowest BCUT2D eigenvalue weighted by molar-refractivity contribution is -0.181.